The predicted octanol–water partition coefficient (Wildman–Crippen LogP) is 1.53. The highest BCUT2D eigenvalue weighted by molar-refractivity contribution is 5.99. The van der Waals surface area contributed by atoms with Crippen LogP contribution >= 0.6 is 0 Å². The van der Waals surface area contributed by atoms with Gasteiger partial charge in [-0.3, -0.25) is 4.79 Å². The summed E-state index contributed by atoms with van der Waals surface area (Å²) < 4.78 is 0. The molecule has 5 nitrogen and oxygen atoms in total. The number of aromatic nitrogens is 1. The van der Waals surface area contributed by atoms with Crippen molar-refractivity contribution in [3.05, 3.63) is 23.9 Å². The Morgan fingerprint density at radius 1 is 1.29 bits per heavy atom. The van der Waals surface area contributed by atoms with Gasteiger partial charge >= 0.3 is 0 Å². The number of hydrogen-bond donors (Lipinski definition) is 1. The van der Waals surface area contributed by atoms with Crippen molar-refractivity contribution in [3.63, 3.8) is 0 Å². The van der Waals surface area contributed by atoms with Gasteiger partial charge < -0.3 is 14.9 Å². The molecule has 0 spiro atoms. The van der Waals surface area contributed by atoms with Gasteiger partial charge in [0.1, 0.15) is 5.82 Å². The van der Waals surface area contributed by atoms with Gasteiger partial charge in [0.15, 0.2) is 0 Å². The fourth-order valence-electron chi connectivity index (χ4n) is 3.31. The van der Waals surface area contributed by atoms with E-state index in [-0.39, 0.29) is 18.4 Å². The molecular formula is C16H23N3O2. The highest BCUT2D eigenvalue weighted by atomic mass is 16.3. The number of pyridine rings is 1. The number of carbonyl (C=O) groups is 1. The Bertz CT molecular complexity index is 500. The molecule has 2 aliphatic rings. The summed E-state index contributed by atoms with van der Waals surface area (Å²) in [6, 6.07) is 3.71. The van der Waals surface area contributed by atoms with E-state index in [1.807, 2.05) is 17.0 Å². The third kappa shape index (κ3) is 3.02. The molecule has 1 unspecified atom stereocenters. The highest BCUT2D eigenvalue weighted by Gasteiger charge is 2.27. The predicted molar refractivity (Wildman–Crippen MR) is 81.4 cm³/mol. The van der Waals surface area contributed by atoms with Crippen molar-refractivity contribution in [1.29, 1.82) is 0 Å². The van der Waals surface area contributed by atoms with Crippen LogP contribution < -0.4 is 4.90 Å². The smallest absolute Gasteiger partial charge is 0.257 e. The number of carbonyl (C=O) groups excluding carboxylic acids is 1. The zero-order valence-electron chi connectivity index (χ0n) is 12.4. The monoisotopic (exact) mass is 289 g/mol. The number of amides is 1. The molecule has 21 heavy (non-hydrogen) atoms. The molecule has 0 bridgehead atoms. The third-order valence-electron chi connectivity index (χ3n) is 4.49. The number of likely N-dealkylation sites (tertiary alicyclic amines) is 1. The minimum absolute atomic E-state index is 0.0585. The molecule has 0 saturated carbocycles. The largest absolute Gasteiger partial charge is 0.396 e. The average Bonchev–Trinajstić information content (AvgIpc) is 3.08. The molecule has 0 radical (unpaired) electrons. The van der Waals surface area contributed by atoms with Crippen LogP contribution in [0.15, 0.2) is 18.3 Å². The number of nitrogens with zero attached hydrogens (tertiary/aromatic N) is 3. The number of aliphatic hydroxyl groups is 1. The Hall–Kier alpha value is -1.62. The molecule has 5 heteroatoms. The maximum Gasteiger partial charge on any atom is 0.257 e. The minimum Gasteiger partial charge on any atom is -0.396 e. The Morgan fingerprint density at radius 2 is 2.10 bits per heavy atom. The van der Waals surface area contributed by atoms with Crippen LogP contribution in [0.4, 0.5) is 5.82 Å². The first-order valence-corrected chi connectivity index (χ1v) is 7.89. The van der Waals surface area contributed by atoms with Crippen molar-refractivity contribution in [1.82, 2.24) is 9.88 Å². The van der Waals surface area contributed by atoms with Crippen molar-refractivity contribution in [3.8, 4) is 0 Å². The quantitative estimate of drug-likeness (QED) is 0.917. The number of piperidine rings is 1. The summed E-state index contributed by atoms with van der Waals surface area (Å²) in [5, 5.41) is 9.33. The molecule has 114 valence electrons. The summed E-state index contributed by atoms with van der Waals surface area (Å²) in [5.74, 6) is 1.10. The topological polar surface area (TPSA) is 56.7 Å². The van der Waals surface area contributed by atoms with Crippen LogP contribution in [0.2, 0.25) is 0 Å². The fraction of sp³-hybridized carbons (Fsp3) is 0.625. The molecule has 3 rings (SSSR count). The minimum atomic E-state index is 0.0585. The van der Waals surface area contributed by atoms with E-state index in [9.17, 15) is 9.90 Å². The lowest BCUT2D eigenvalue weighted by Crippen LogP contribution is -2.41. The molecule has 1 atom stereocenters. The molecule has 0 aliphatic carbocycles. The van der Waals surface area contributed by atoms with Crippen LogP contribution in [0.1, 0.15) is 36.0 Å². The van der Waals surface area contributed by atoms with Crippen molar-refractivity contribution in [2.75, 3.05) is 37.7 Å². The van der Waals surface area contributed by atoms with E-state index in [2.05, 4.69) is 9.88 Å². The van der Waals surface area contributed by atoms with Crippen molar-refractivity contribution in [2.45, 2.75) is 25.7 Å². The molecule has 1 aromatic rings. The number of rotatable bonds is 3. The summed E-state index contributed by atoms with van der Waals surface area (Å²) in [7, 11) is 0. The van der Waals surface area contributed by atoms with Crippen LogP contribution in [-0.2, 0) is 0 Å². The van der Waals surface area contributed by atoms with E-state index in [1.165, 1.54) is 12.8 Å². The number of hydrogen-bond acceptors (Lipinski definition) is 4. The van der Waals surface area contributed by atoms with Gasteiger partial charge in [0.2, 0.25) is 0 Å². The lowest BCUT2D eigenvalue weighted by Gasteiger charge is -2.32. The van der Waals surface area contributed by atoms with Gasteiger partial charge in [0.25, 0.3) is 5.91 Å². The van der Waals surface area contributed by atoms with Crippen LogP contribution in [0.3, 0.4) is 0 Å². The average molecular weight is 289 g/mol. The Kier molecular flexibility index (Phi) is 4.39. The zero-order chi connectivity index (χ0) is 14.7. The van der Waals surface area contributed by atoms with Gasteiger partial charge in [-0.2, -0.15) is 0 Å². The molecule has 1 amide bonds. The lowest BCUT2D eigenvalue weighted by atomic mass is 9.98. The summed E-state index contributed by atoms with van der Waals surface area (Å²) >= 11 is 0. The van der Waals surface area contributed by atoms with Crippen molar-refractivity contribution >= 4 is 11.7 Å². The van der Waals surface area contributed by atoms with Gasteiger partial charge in [0, 0.05) is 39.0 Å². The van der Waals surface area contributed by atoms with E-state index >= 15 is 0 Å². The van der Waals surface area contributed by atoms with E-state index in [4.69, 9.17) is 0 Å². The fourth-order valence-corrected chi connectivity index (χ4v) is 3.31. The van der Waals surface area contributed by atoms with E-state index in [1.54, 1.807) is 6.20 Å². The maximum atomic E-state index is 12.8. The van der Waals surface area contributed by atoms with Gasteiger partial charge in [-0.05, 0) is 43.7 Å². The van der Waals surface area contributed by atoms with Crippen LogP contribution in [0.5, 0.6) is 0 Å². The highest BCUT2D eigenvalue weighted by Crippen LogP contribution is 2.25. The second-order valence-corrected chi connectivity index (χ2v) is 6.01. The van der Waals surface area contributed by atoms with E-state index < -0.39 is 0 Å². The Balaban J connectivity index is 1.80. The summed E-state index contributed by atoms with van der Waals surface area (Å²) in [4.78, 5) is 21.3. The number of anilines is 1. The summed E-state index contributed by atoms with van der Waals surface area (Å²) in [6.07, 6.45) is 6.07. The molecule has 1 aromatic heterocycles. The molecule has 2 saturated heterocycles. The summed E-state index contributed by atoms with van der Waals surface area (Å²) in [6.45, 7) is 3.57. The van der Waals surface area contributed by atoms with Crippen molar-refractivity contribution in [2.24, 2.45) is 5.92 Å². The van der Waals surface area contributed by atoms with Gasteiger partial charge in [-0.1, -0.05) is 0 Å². The first-order valence-electron chi connectivity index (χ1n) is 7.89. The Morgan fingerprint density at radius 3 is 2.86 bits per heavy atom. The van der Waals surface area contributed by atoms with E-state index in [0.717, 1.165) is 38.3 Å². The van der Waals surface area contributed by atoms with Gasteiger partial charge in [-0.15, -0.1) is 0 Å². The Labute approximate surface area is 125 Å². The van der Waals surface area contributed by atoms with Gasteiger partial charge in [0.05, 0.1) is 5.56 Å². The summed E-state index contributed by atoms with van der Waals surface area (Å²) in [5.41, 5.74) is 0.706. The second-order valence-electron chi connectivity index (χ2n) is 6.01. The normalized spacial score (nSPS) is 22.6. The zero-order valence-corrected chi connectivity index (χ0v) is 12.4. The van der Waals surface area contributed by atoms with Crippen LogP contribution in [-0.4, -0.2) is 53.7 Å². The number of aliphatic hydroxyl groups excluding tert-OH is 1. The van der Waals surface area contributed by atoms with Crippen molar-refractivity contribution < 1.29 is 9.90 Å². The third-order valence-corrected chi connectivity index (χ3v) is 4.49. The molecular weight excluding hydrogens is 266 g/mol. The van der Waals surface area contributed by atoms with Crippen LogP contribution in [0.25, 0.3) is 0 Å². The first kappa shape index (κ1) is 14.3. The standard InChI is InChI=1S/C16H23N3O2/c20-12-13-5-4-10-19(11-13)16(21)14-6-3-7-17-15(14)18-8-1-2-9-18/h3,6-7,13,20H,1-2,4-5,8-12H2. The van der Waals surface area contributed by atoms with Crippen LogP contribution in [0, 0.1) is 5.92 Å². The molecule has 2 aliphatic heterocycles. The molecule has 1 N–H and O–H groups in total. The second kappa shape index (κ2) is 6.43. The van der Waals surface area contributed by atoms with Gasteiger partial charge in [-0.25, -0.2) is 4.98 Å². The van der Waals surface area contributed by atoms with E-state index in [0.29, 0.717) is 12.1 Å². The molecule has 0 aromatic carbocycles. The SMILES string of the molecule is O=C(c1cccnc1N1CCCC1)N1CCCC(CO)C1. The molecule has 3 heterocycles. The first-order chi connectivity index (χ1) is 10.3. The maximum absolute atomic E-state index is 12.8. The molecule has 2 fully saturated rings. The lowest BCUT2D eigenvalue weighted by molar-refractivity contribution is 0.0621.